The number of imidazole rings is 1. The molecule has 0 fully saturated rings. The summed E-state index contributed by atoms with van der Waals surface area (Å²) in [5.74, 6) is 0.708. The molecule has 1 aromatic carbocycles. The maximum Gasteiger partial charge on any atom is 0.253 e. The van der Waals surface area contributed by atoms with Crippen molar-refractivity contribution in [2.24, 2.45) is 7.05 Å². The van der Waals surface area contributed by atoms with Gasteiger partial charge in [0.1, 0.15) is 11.3 Å². The van der Waals surface area contributed by atoms with Crippen LogP contribution >= 0.6 is 0 Å². The Morgan fingerprint density at radius 1 is 1.23 bits per heavy atom. The number of carbonyl (C=O) groups excluding carboxylic acids is 1. The molecule has 0 saturated carbocycles. The molecule has 0 unspecified atom stereocenters. The summed E-state index contributed by atoms with van der Waals surface area (Å²) >= 11 is 0. The maximum absolute atomic E-state index is 12.5. The van der Waals surface area contributed by atoms with Crippen LogP contribution in [0.4, 0.5) is 0 Å². The zero-order valence-electron chi connectivity index (χ0n) is 14.8. The lowest BCUT2D eigenvalue weighted by atomic mass is 10.2. The summed E-state index contributed by atoms with van der Waals surface area (Å²) in [6, 6.07) is 9.82. The predicted molar refractivity (Wildman–Crippen MR) is 99.9 cm³/mol. The largest absolute Gasteiger partial charge is 0.352 e. The standard InChI is InChI=1S/C19H20N6O/c1-13-23-17-15(8-10-20-18(17)24(13)2)19(26)21-9-5-11-25-16-7-4-3-6-14(16)12-22-25/h3-4,6-8,10,12H,5,9,11H2,1-2H3,(H,21,26). The average Bonchev–Trinajstić information content (AvgIpc) is 3.20. The number of aromatic nitrogens is 5. The van der Waals surface area contributed by atoms with Crippen LogP contribution in [0.15, 0.2) is 42.7 Å². The lowest BCUT2D eigenvalue weighted by Gasteiger charge is -2.07. The fourth-order valence-electron chi connectivity index (χ4n) is 3.10. The Morgan fingerprint density at radius 3 is 2.96 bits per heavy atom. The van der Waals surface area contributed by atoms with E-state index >= 15 is 0 Å². The number of para-hydroxylation sites is 1. The third kappa shape index (κ3) is 2.81. The number of fused-ring (bicyclic) bond motifs is 2. The fourth-order valence-corrected chi connectivity index (χ4v) is 3.10. The molecule has 7 nitrogen and oxygen atoms in total. The molecule has 132 valence electrons. The van der Waals surface area contributed by atoms with Gasteiger partial charge in [-0.15, -0.1) is 0 Å². The van der Waals surface area contributed by atoms with E-state index in [9.17, 15) is 4.79 Å². The lowest BCUT2D eigenvalue weighted by molar-refractivity contribution is 0.0954. The minimum atomic E-state index is -0.124. The van der Waals surface area contributed by atoms with Gasteiger partial charge in [-0.25, -0.2) is 9.97 Å². The highest BCUT2D eigenvalue weighted by Crippen LogP contribution is 2.16. The molecule has 0 aliphatic heterocycles. The molecule has 4 aromatic rings. The van der Waals surface area contributed by atoms with Crippen LogP contribution in [0.2, 0.25) is 0 Å². The van der Waals surface area contributed by atoms with E-state index in [0.717, 1.165) is 35.3 Å². The van der Waals surface area contributed by atoms with Gasteiger partial charge in [0, 0.05) is 31.7 Å². The minimum Gasteiger partial charge on any atom is -0.352 e. The molecule has 0 aliphatic rings. The number of amides is 1. The summed E-state index contributed by atoms with van der Waals surface area (Å²) in [6.07, 6.45) is 4.31. The average molecular weight is 348 g/mol. The van der Waals surface area contributed by atoms with Crippen molar-refractivity contribution < 1.29 is 4.79 Å². The van der Waals surface area contributed by atoms with Crippen molar-refractivity contribution in [2.75, 3.05) is 6.54 Å². The van der Waals surface area contributed by atoms with Crippen LogP contribution in [-0.4, -0.2) is 36.8 Å². The third-order valence-corrected chi connectivity index (χ3v) is 4.61. The smallest absolute Gasteiger partial charge is 0.253 e. The molecule has 0 bridgehead atoms. The van der Waals surface area contributed by atoms with Gasteiger partial charge in [0.25, 0.3) is 5.91 Å². The normalized spacial score (nSPS) is 11.3. The van der Waals surface area contributed by atoms with Gasteiger partial charge in [-0.05, 0) is 25.5 Å². The number of hydrogen-bond acceptors (Lipinski definition) is 4. The summed E-state index contributed by atoms with van der Waals surface area (Å²) in [5.41, 5.74) is 3.03. The first-order chi connectivity index (χ1) is 12.6. The zero-order valence-corrected chi connectivity index (χ0v) is 14.8. The van der Waals surface area contributed by atoms with E-state index in [1.807, 2.05) is 47.6 Å². The molecule has 7 heteroatoms. The predicted octanol–water partition coefficient (Wildman–Crippen LogP) is 2.45. The Kier molecular flexibility index (Phi) is 4.12. The van der Waals surface area contributed by atoms with Crippen LogP contribution in [-0.2, 0) is 13.6 Å². The van der Waals surface area contributed by atoms with Crippen molar-refractivity contribution in [1.29, 1.82) is 0 Å². The van der Waals surface area contributed by atoms with Crippen molar-refractivity contribution in [1.82, 2.24) is 29.6 Å². The molecule has 1 N–H and O–H groups in total. The van der Waals surface area contributed by atoms with Gasteiger partial charge in [0.2, 0.25) is 0 Å². The van der Waals surface area contributed by atoms with Crippen LogP contribution in [0, 0.1) is 6.92 Å². The number of pyridine rings is 1. The van der Waals surface area contributed by atoms with Crippen LogP contribution in [0.3, 0.4) is 0 Å². The van der Waals surface area contributed by atoms with Gasteiger partial charge in [-0.1, -0.05) is 18.2 Å². The van der Waals surface area contributed by atoms with Crippen LogP contribution in [0.25, 0.3) is 22.1 Å². The van der Waals surface area contributed by atoms with E-state index in [2.05, 4.69) is 26.4 Å². The summed E-state index contributed by atoms with van der Waals surface area (Å²) in [7, 11) is 1.90. The molecule has 0 radical (unpaired) electrons. The van der Waals surface area contributed by atoms with Crippen molar-refractivity contribution in [3.8, 4) is 0 Å². The lowest BCUT2D eigenvalue weighted by Crippen LogP contribution is -2.25. The molecule has 3 heterocycles. The molecule has 0 saturated heterocycles. The second kappa shape index (κ2) is 6.59. The first kappa shape index (κ1) is 16.3. The Bertz CT molecular complexity index is 1090. The summed E-state index contributed by atoms with van der Waals surface area (Å²) in [4.78, 5) is 21.3. The molecule has 4 rings (SSSR count). The molecular weight excluding hydrogens is 328 g/mol. The summed E-state index contributed by atoms with van der Waals surface area (Å²) < 4.78 is 3.85. The number of nitrogens with zero attached hydrogens (tertiary/aromatic N) is 5. The minimum absolute atomic E-state index is 0.124. The number of carbonyl (C=O) groups is 1. The highest BCUT2D eigenvalue weighted by Gasteiger charge is 2.15. The highest BCUT2D eigenvalue weighted by atomic mass is 16.1. The quantitative estimate of drug-likeness (QED) is 0.562. The van der Waals surface area contributed by atoms with E-state index in [-0.39, 0.29) is 5.91 Å². The first-order valence-corrected chi connectivity index (χ1v) is 8.62. The molecule has 0 spiro atoms. The van der Waals surface area contributed by atoms with E-state index < -0.39 is 0 Å². The Morgan fingerprint density at radius 2 is 2.08 bits per heavy atom. The van der Waals surface area contributed by atoms with Crippen molar-refractivity contribution in [3.63, 3.8) is 0 Å². The maximum atomic E-state index is 12.5. The Hall–Kier alpha value is -3.22. The second-order valence-corrected chi connectivity index (χ2v) is 6.28. The van der Waals surface area contributed by atoms with E-state index in [1.165, 1.54) is 0 Å². The molecule has 0 aliphatic carbocycles. The van der Waals surface area contributed by atoms with Crippen molar-refractivity contribution in [2.45, 2.75) is 19.9 Å². The topological polar surface area (TPSA) is 77.6 Å². The zero-order chi connectivity index (χ0) is 18.1. The van der Waals surface area contributed by atoms with E-state index in [4.69, 9.17) is 0 Å². The SMILES string of the molecule is Cc1nc2c(C(=O)NCCCn3ncc4ccccc43)ccnc2n1C. The third-order valence-electron chi connectivity index (χ3n) is 4.61. The Balaban J connectivity index is 1.41. The number of rotatable bonds is 5. The van der Waals surface area contributed by atoms with Gasteiger partial charge in [-0.3, -0.25) is 9.48 Å². The number of aryl methyl sites for hydroxylation is 3. The van der Waals surface area contributed by atoms with Gasteiger partial charge < -0.3 is 9.88 Å². The molecule has 3 aromatic heterocycles. The van der Waals surface area contributed by atoms with Crippen LogP contribution in [0.1, 0.15) is 22.6 Å². The van der Waals surface area contributed by atoms with Gasteiger partial charge >= 0.3 is 0 Å². The molecule has 1 amide bonds. The molecule has 26 heavy (non-hydrogen) atoms. The number of nitrogens with one attached hydrogen (secondary N) is 1. The number of benzene rings is 1. The van der Waals surface area contributed by atoms with Gasteiger partial charge in [0.05, 0.1) is 17.3 Å². The summed E-state index contributed by atoms with van der Waals surface area (Å²) in [5, 5.41) is 8.51. The van der Waals surface area contributed by atoms with Crippen molar-refractivity contribution in [3.05, 3.63) is 54.1 Å². The first-order valence-electron chi connectivity index (χ1n) is 8.62. The van der Waals surface area contributed by atoms with Gasteiger partial charge in [0.15, 0.2) is 5.65 Å². The highest BCUT2D eigenvalue weighted by molar-refractivity contribution is 6.04. The van der Waals surface area contributed by atoms with Crippen LogP contribution in [0.5, 0.6) is 0 Å². The molecule has 0 atom stereocenters. The fraction of sp³-hybridized carbons (Fsp3) is 0.263. The molecular formula is C19H20N6O. The van der Waals surface area contributed by atoms with Crippen molar-refractivity contribution >= 4 is 28.0 Å². The van der Waals surface area contributed by atoms with Crippen LogP contribution < -0.4 is 5.32 Å². The number of hydrogen-bond donors (Lipinski definition) is 1. The monoisotopic (exact) mass is 348 g/mol. The van der Waals surface area contributed by atoms with E-state index in [0.29, 0.717) is 17.6 Å². The second-order valence-electron chi connectivity index (χ2n) is 6.28. The Labute approximate surface area is 150 Å². The summed E-state index contributed by atoms with van der Waals surface area (Å²) in [6.45, 7) is 3.22. The van der Waals surface area contributed by atoms with Gasteiger partial charge in [-0.2, -0.15) is 5.10 Å². The van der Waals surface area contributed by atoms with E-state index in [1.54, 1.807) is 12.3 Å².